The second kappa shape index (κ2) is 15.7. The van der Waals surface area contributed by atoms with Crippen molar-refractivity contribution >= 4 is 22.8 Å². The Morgan fingerprint density at radius 2 is 1.74 bits per heavy atom. The molecular weight excluding hydrogens is 713 g/mol. The fourth-order valence-corrected chi connectivity index (χ4v) is 7.43. The van der Waals surface area contributed by atoms with Crippen molar-refractivity contribution in [2.75, 3.05) is 32.7 Å². The van der Waals surface area contributed by atoms with Gasteiger partial charge in [0, 0.05) is 56.3 Å². The van der Waals surface area contributed by atoms with E-state index in [9.17, 15) is 41.8 Å². The van der Waals surface area contributed by atoms with Gasteiger partial charge in [-0.15, -0.1) is 0 Å². The second-order valence-electron chi connectivity index (χ2n) is 14.7. The predicted molar refractivity (Wildman–Crippen MR) is 189 cm³/mol. The summed E-state index contributed by atoms with van der Waals surface area (Å²) in [5, 5.41) is 27.8. The van der Waals surface area contributed by atoms with E-state index in [0.29, 0.717) is 24.3 Å². The number of aliphatic hydroxyl groups is 2. The van der Waals surface area contributed by atoms with Crippen molar-refractivity contribution in [2.45, 2.75) is 75.0 Å². The van der Waals surface area contributed by atoms with Crippen LogP contribution in [0.3, 0.4) is 0 Å². The van der Waals surface area contributed by atoms with Gasteiger partial charge >= 0.3 is 12.1 Å². The molecule has 0 saturated carbocycles. The first-order valence-electron chi connectivity index (χ1n) is 17.9. The normalized spacial score (nSPS) is 21.1. The lowest BCUT2D eigenvalue weighted by atomic mass is 9.91. The third-order valence-corrected chi connectivity index (χ3v) is 10.6. The molecule has 2 aliphatic rings. The summed E-state index contributed by atoms with van der Waals surface area (Å²) < 4.78 is 73.0. The zero-order valence-electron chi connectivity index (χ0n) is 29.9. The lowest BCUT2D eigenvalue weighted by Crippen LogP contribution is -2.64. The summed E-state index contributed by atoms with van der Waals surface area (Å²) in [7, 11) is 0. The minimum absolute atomic E-state index is 0.0651. The highest BCUT2D eigenvalue weighted by Crippen LogP contribution is 2.36. The zero-order chi connectivity index (χ0) is 38.8. The van der Waals surface area contributed by atoms with Crippen LogP contribution in [-0.2, 0) is 28.0 Å². The molecule has 2 aromatic carbocycles. The third-order valence-electron chi connectivity index (χ3n) is 10.6. The van der Waals surface area contributed by atoms with Crippen LogP contribution < -0.4 is 10.6 Å². The standard InChI is InChI=1S/C39H44F5N5O5/c1-37(2,33-19-27-20-45-13-12-32(27)54-33)49-15-14-48(30(22-49)36(53)46-23-38(40,41)39(42,43)44)21-28(50)17-26(16-24-8-4-3-5-9-24)35(52)47-34-29-11-7-6-10-25(29)18-31(34)51/h3-13,19-20,26,28,30-31,34,50-51H,14-18,21-23H2,1-2H3,(H,46,53)(H,47,52)/t26-,28+,30+,31-,34+/m1/s1. The van der Waals surface area contributed by atoms with Crippen molar-refractivity contribution in [3.05, 3.63) is 102 Å². The fourth-order valence-electron chi connectivity index (χ4n) is 7.43. The Morgan fingerprint density at radius 1 is 1.02 bits per heavy atom. The number of piperazine rings is 1. The topological polar surface area (TPSA) is 131 Å². The van der Waals surface area contributed by atoms with Crippen molar-refractivity contribution in [3.8, 4) is 0 Å². The summed E-state index contributed by atoms with van der Waals surface area (Å²) in [5.41, 5.74) is 2.30. The van der Waals surface area contributed by atoms with E-state index >= 15 is 0 Å². The summed E-state index contributed by atoms with van der Waals surface area (Å²) in [4.78, 5) is 34.9. The van der Waals surface area contributed by atoms with Crippen LogP contribution in [0.1, 0.15) is 48.8 Å². The molecule has 0 spiro atoms. The molecule has 1 saturated heterocycles. The van der Waals surface area contributed by atoms with E-state index in [-0.39, 0.29) is 32.5 Å². The average Bonchev–Trinajstić information content (AvgIpc) is 3.71. The minimum atomic E-state index is -5.86. The van der Waals surface area contributed by atoms with Crippen LogP contribution in [0.5, 0.6) is 0 Å². The maximum atomic E-state index is 13.9. The second-order valence-corrected chi connectivity index (χ2v) is 14.7. The molecule has 4 aromatic rings. The Hall–Kier alpha value is -4.44. The maximum absolute atomic E-state index is 13.9. The minimum Gasteiger partial charge on any atom is -0.459 e. The lowest BCUT2D eigenvalue weighted by molar-refractivity contribution is -0.278. The monoisotopic (exact) mass is 757 g/mol. The van der Waals surface area contributed by atoms with Crippen molar-refractivity contribution in [2.24, 2.45) is 5.92 Å². The van der Waals surface area contributed by atoms with Gasteiger partial charge < -0.3 is 25.3 Å². The molecule has 6 rings (SSSR count). The number of benzene rings is 2. The van der Waals surface area contributed by atoms with E-state index in [0.717, 1.165) is 22.1 Å². The highest BCUT2D eigenvalue weighted by molar-refractivity contribution is 5.82. The molecule has 15 heteroatoms. The number of amides is 2. The van der Waals surface area contributed by atoms with E-state index in [4.69, 9.17) is 4.42 Å². The first-order chi connectivity index (χ1) is 25.5. The Bertz CT molecular complexity index is 1890. The molecule has 2 aromatic heterocycles. The van der Waals surface area contributed by atoms with Crippen LogP contribution in [-0.4, -0.2) is 99.9 Å². The maximum Gasteiger partial charge on any atom is 0.455 e. The summed E-state index contributed by atoms with van der Waals surface area (Å²) in [6, 6.07) is 18.2. The van der Waals surface area contributed by atoms with E-state index in [1.165, 1.54) is 0 Å². The van der Waals surface area contributed by atoms with Crippen molar-refractivity contribution in [1.29, 1.82) is 0 Å². The molecule has 290 valence electrons. The van der Waals surface area contributed by atoms with Gasteiger partial charge in [-0.3, -0.25) is 24.4 Å². The van der Waals surface area contributed by atoms with Crippen molar-refractivity contribution in [3.63, 3.8) is 0 Å². The van der Waals surface area contributed by atoms with Crippen LogP contribution >= 0.6 is 0 Å². The lowest BCUT2D eigenvalue weighted by Gasteiger charge is -2.47. The van der Waals surface area contributed by atoms with Gasteiger partial charge in [0.1, 0.15) is 17.4 Å². The Kier molecular flexibility index (Phi) is 11.4. The molecule has 0 unspecified atom stereocenters. The van der Waals surface area contributed by atoms with Crippen LogP contribution in [0.2, 0.25) is 0 Å². The largest absolute Gasteiger partial charge is 0.459 e. The molecule has 0 bridgehead atoms. The number of nitrogens with one attached hydrogen (secondary N) is 2. The quantitative estimate of drug-likeness (QED) is 0.144. The van der Waals surface area contributed by atoms with Crippen molar-refractivity contribution in [1.82, 2.24) is 25.4 Å². The number of hydrogen-bond donors (Lipinski definition) is 4. The molecule has 10 nitrogen and oxygen atoms in total. The molecule has 1 aliphatic heterocycles. The summed E-state index contributed by atoms with van der Waals surface area (Å²) in [6.07, 6.45) is -4.14. The van der Waals surface area contributed by atoms with Crippen LogP contribution in [0.4, 0.5) is 22.0 Å². The number of nitrogens with zero attached hydrogens (tertiary/aromatic N) is 3. The number of carbonyl (C=O) groups excluding carboxylic acids is 2. The Labute approximate surface area is 309 Å². The number of pyridine rings is 1. The van der Waals surface area contributed by atoms with Crippen LogP contribution in [0.25, 0.3) is 11.0 Å². The van der Waals surface area contributed by atoms with Gasteiger partial charge in [0.15, 0.2) is 0 Å². The number of alkyl halides is 5. The van der Waals surface area contributed by atoms with Gasteiger partial charge in [-0.1, -0.05) is 54.6 Å². The molecule has 3 heterocycles. The number of aliphatic hydroxyl groups excluding tert-OH is 2. The van der Waals surface area contributed by atoms with Gasteiger partial charge in [0.25, 0.3) is 0 Å². The number of hydrogen-bond acceptors (Lipinski definition) is 8. The molecule has 1 fully saturated rings. The van der Waals surface area contributed by atoms with E-state index in [2.05, 4.69) is 10.3 Å². The number of aromatic nitrogens is 1. The zero-order valence-corrected chi connectivity index (χ0v) is 29.9. The third kappa shape index (κ3) is 8.59. The number of rotatable bonds is 13. The fraction of sp³-hybridized carbons (Fsp3) is 0.462. The number of fused-ring (bicyclic) bond motifs is 2. The number of halogens is 5. The number of β-amino-alcohol motifs (C(OH)–C–C–N with tert-alkyl or cyclic N) is 1. The summed E-state index contributed by atoms with van der Waals surface area (Å²) in [5.74, 6) is -6.86. The van der Waals surface area contributed by atoms with Crippen molar-refractivity contribution < 1.29 is 46.2 Å². The molecule has 2 amide bonds. The number of carbonyl (C=O) groups is 2. The smallest absolute Gasteiger partial charge is 0.455 e. The molecule has 54 heavy (non-hydrogen) atoms. The van der Waals surface area contributed by atoms with Gasteiger partial charge in [-0.25, -0.2) is 0 Å². The molecular formula is C39H44F5N5O5. The first kappa shape index (κ1) is 39.3. The summed E-state index contributed by atoms with van der Waals surface area (Å²) >= 11 is 0. The van der Waals surface area contributed by atoms with Gasteiger partial charge in [0.05, 0.1) is 30.3 Å². The molecule has 0 radical (unpaired) electrons. The first-order valence-corrected chi connectivity index (χ1v) is 17.9. The molecule has 5 atom stereocenters. The van der Waals surface area contributed by atoms with Crippen LogP contribution in [0.15, 0.2) is 83.5 Å². The molecule has 1 aliphatic carbocycles. The highest BCUT2D eigenvalue weighted by atomic mass is 19.4. The van der Waals surface area contributed by atoms with Gasteiger partial charge in [-0.2, -0.15) is 22.0 Å². The Morgan fingerprint density at radius 3 is 2.46 bits per heavy atom. The Balaban J connectivity index is 1.20. The van der Waals surface area contributed by atoms with E-state index in [1.807, 2.05) is 73.3 Å². The highest BCUT2D eigenvalue weighted by Gasteiger charge is 2.57. The van der Waals surface area contributed by atoms with Gasteiger partial charge in [-0.05, 0) is 55.5 Å². The average molecular weight is 758 g/mol. The predicted octanol–water partition coefficient (Wildman–Crippen LogP) is 4.75. The SMILES string of the molecule is CC(C)(c1cc2cnccc2o1)N1CCN(C[C@@H](O)C[C@@H](Cc2ccccc2)C(=O)N[C@H]2c3ccccc3C[C@H]2O)[C@H](C(=O)NCC(F)(F)C(F)(F)F)C1. The van der Waals surface area contributed by atoms with Crippen LogP contribution in [0, 0.1) is 5.92 Å². The molecule has 4 N–H and O–H groups in total. The number of furan rings is 1. The van der Waals surface area contributed by atoms with Gasteiger partial charge in [0.2, 0.25) is 11.8 Å². The summed E-state index contributed by atoms with van der Waals surface area (Å²) in [6.45, 7) is 1.94. The van der Waals surface area contributed by atoms with E-state index < -0.39 is 66.2 Å². The van der Waals surface area contributed by atoms with E-state index in [1.54, 1.807) is 34.7 Å².